The molecular formula is C14H19N3O2. The molecule has 1 rings (SSSR count). The Morgan fingerprint density at radius 1 is 1.47 bits per heavy atom. The van der Waals surface area contributed by atoms with Crippen LogP contribution in [0.5, 0.6) is 0 Å². The number of nitrogen functional groups attached to an aromatic ring is 1. The molecule has 0 aliphatic rings. The van der Waals surface area contributed by atoms with E-state index in [0.29, 0.717) is 30.8 Å². The van der Waals surface area contributed by atoms with Gasteiger partial charge in [0, 0.05) is 24.5 Å². The fourth-order valence-corrected chi connectivity index (χ4v) is 1.78. The summed E-state index contributed by atoms with van der Waals surface area (Å²) in [4.78, 5) is 13.8. The average Bonchev–Trinajstić information content (AvgIpc) is 2.41. The van der Waals surface area contributed by atoms with E-state index in [9.17, 15) is 4.79 Å². The number of hydrogen-bond donors (Lipinski definition) is 1. The van der Waals surface area contributed by atoms with Crippen molar-refractivity contribution in [2.45, 2.75) is 20.3 Å². The minimum atomic E-state index is -0.418. The summed E-state index contributed by atoms with van der Waals surface area (Å²) in [7, 11) is 0. The smallest absolute Gasteiger partial charge is 0.340 e. The molecule has 0 saturated heterocycles. The normalized spacial score (nSPS) is 9.74. The van der Waals surface area contributed by atoms with Crippen LogP contribution < -0.4 is 10.6 Å². The van der Waals surface area contributed by atoms with E-state index in [2.05, 4.69) is 6.07 Å². The molecule has 102 valence electrons. The molecule has 19 heavy (non-hydrogen) atoms. The van der Waals surface area contributed by atoms with Crippen LogP contribution in [-0.2, 0) is 4.74 Å². The van der Waals surface area contributed by atoms with Gasteiger partial charge in [0.05, 0.1) is 24.7 Å². The Bertz CT molecular complexity index is 480. The lowest BCUT2D eigenvalue weighted by Crippen LogP contribution is -2.24. The number of nitrogens with zero attached hydrogens (tertiary/aromatic N) is 2. The van der Waals surface area contributed by atoms with Gasteiger partial charge < -0.3 is 15.4 Å². The molecule has 1 aromatic carbocycles. The second-order valence-corrected chi connectivity index (χ2v) is 3.98. The van der Waals surface area contributed by atoms with Gasteiger partial charge in [-0.25, -0.2) is 4.79 Å². The van der Waals surface area contributed by atoms with Crippen molar-refractivity contribution in [2.75, 3.05) is 30.3 Å². The first-order valence-electron chi connectivity index (χ1n) is 6.32. The fourth-order valence-electron chi connectivity index (χ4n) is 1.78. The van der Waals surface area contributed by atoms with E-state index >= 15 is 0 Å². The summed E-state index contributed by atoms with van der Waals surface area (Å²) in [6.07, 6.45) is 0.437. The molecule has 0 fully saturated rings. The van der Waals surface area contributed by atoms with Crippen molar-refractivity contribution in [3.8, 4) is 6.07 Å². The fraction of sp³-hybridized carbons (Fsp3) is 0.429. The van der Waals surface area contributed by atoms with Crippen LogP contribution in [0, 0.1) is 11.3 Å². The van der Waals surface area contributed by atoms with Crippen molar-refractivity contribution in [2.24, 2.45) is 0 Å². The molecule has 0 saturated carbocycles. The summed E-state index contributed by atoms with van der Waals surface area (Å²) in [6.45, 7) is 5.45. The molecule has 0 amide bonds. The Morgan fingerprint density at radius 3 is 2.79 bits per heavy atom. The summed E-state index contributed by atoms with van der Waals surface area (Å²) in [5.41, 5.74) is 7.43. The highest BCUT2D eigenvalue weighted by molar-refractivity contribution is 5.96. The zero-order valence-electron chi connectivity index (χ0n) is 11.3. The van der Waals surface area contributed by atoms with Gasteiger partial charge in [-0.05, 0) is 32.0 Å². The molecule has 2 N–H and O–H groups in total. The highest BCUT2D eigenvalue weighted by Crippen LogP contribution is 2.22. The standard InChI is InChI=1S/C14H19N3O2/c1-3-17(9-5-8-15)11-6-7-13(16)12(10-11)14(18)19-4-2/h6-7,10H,3-5,9,16H2,1-2H3. The van der Waals surface area contributed by atoms with E-state index in [1.54, 1.807) is 19.1 Å². The largest absolute Gasteiger partial charge is 0.462 e. The van der Waals surface area contributed by atoms with E-state index in [1.165, 1.54) is 0 Å². The topological polar surface area (TPSA) is 79.3 Å². The minimum Gasteiger partial charge on any atom is -0.462 e. The summed E-state index contributed by atoms with van der Waals surface area (Å²) in [6, 6.07) is 7.37. The number of benzene rings is 1. The molecule has 0 spiro atoms. The Hall–Kier alpha value is -2.22. The second kappa shape index (κ2) is 7.27. The van der Waals surface area contributed by atoms with E-state index in [1.807, 2.05) is 17.9 Å². The maximum Gasteiger partial charge on any atom is 0.340 e. The predicted molar refractivity (Wildman–Crippen MR) is 74.9 cm³/mol. The molecule has 5 heteroatoms. The first-order chi connectivity index (χ1) is 9.13. The number of carbonyl (C=O) groups is 1. The van der Waals surface area contributed by atoms with Crippen molar-refractivity contribution in [1.82, 2.24) is 0 Å². The van der Waals surface area contributed by atoms with Crippen LogP contribution in [0.25, 0.3) is 0 Å². The molecule has 5 nitrogen and oxygen atoms in total. The van der Waals surface area contributed by atoms with Crippen LogP contribution in [-0.4, -0.2) is 25.7 Å². The zero-order valence-corrected chi connectivity index (χ0v) is 11.3. The van der Waals surface area contributed by atoms with Gasteiger partial charge in [0.25, 0.3) is 0 Å². The molecule has 0 atom stereocenters. The molecule has 0 heterocycles. The molecule has 0 aliphatic heterocycles. The highest BCUT2D eigenvalue weighted by Gasteiger charge is 2.13. The van der Waals surface area contributed by atoms with Gasteiger partial charge >= 0.3 is 5.97 Å². The Balaban J connectivity index is 3.00. The summed E-state index contributed by atoms with van der Waals surface area (Å²) >= 11 is 0. The Labute approximate surface area is 113 Å². The van der Waals surface area contributed by atoms with Crippen molar-refractivity contribution in [3.05, 3.63) is 23.8 Å². The van der Waals surface area contributed by atoms with Gasteiger partial charge in [-0.15, -0.1) is 0 Å². The molecule has 0 aliphatic carbocycles. The third kappa shape index (κ3) is 3.88. The van der Waals surface area contributed by atoms with Crippen LogP contribution in [0.15, 0.2) is 18.2 Å². The van der Waals surface area contributed by atoms with Crippen molar-refractivity contribution in [3.63, 3.8) is 0 Å². The van der Waals surface area contributed by atoms with Gasteiger partial charge in [-0.3, -0.25) is 0 Å². The lowest BCUT2D eigenvalue weighted by molar-refractivity contribution is 0.0527. The van der Waals surface area contributed by atoms with Crippen LogP contribution in [0.1, 0.15) is 30.6 Å². The Morgan fingerprint density at radius 2 is 2.21 bits per heavy atom. The maximum absolute atomic E-state index is 11.8. The predicted octanol–water partition coefficient (Wildman–Crippen LogP) is 2.19. The first kappa shape index (κ1) is 14.8. The van der Waals surface area contributed by atoms with Crippen LogP contribution in [0.2, 0.25) is 0 Å². The maximum atomic E-state index is 11.8. The van der Waals surface area contributed by atoms with Crippen LogP contribution >= 0.6 is 0 Å². The van der Waals surface area contributed by atoms with E-state index < -0.39 is 5.97 Å². The van der Waals surface area contributed by atoms with Gasteiger partial charge in [0.2, 0.25) is 0 Å². The van der Waals surface area contributed by atoms with Crippen molar-refractivity contribution >= 4 is 17.3 Å². The number of nitrogens with two attached hydrogens (primary N) is 1. The quantitative estimate of drug-likeness (QED) is 0.627. The van der Waals surface area contributed by atoms with Gasteiger partial charge in [-0.2, -0.15) is 5.26 Å². The second-order valence-electron chi connectivity index (χ2n) is 3.98. The average molecular weight is 261 g/mol. The highest BCUT2D eigenvalue weighted by atomic mass is 16.5. The molecule has 1 aromatic rings. The zero-order chi connectivity index (χ0) is 14.3. The SMILES string of the molecule is CCOC(=O)c1cc(N(CC)CCC#N)ccc1N. The van der Waals surface area contributed by atoms with Gasteiger partial charge in [0.15, 0.2) is 0 Å². The molecule has 0 bridgehead atoms. The van der Waals surface area contributed by atoms with Crippen molar-refractivity contribution in [1.29, 1.82) is 5.26 Å². The van der Waals surface area contributed by atoms with Gasteiger partial charge in [-0.1, -0.05) is 0 Å². The van der Waals surface area contributed by atoms with E-state index in [0.717, 1.165) is 12.2 Å². The molecular weight excluding hydrogens is 242 g/mol. The number of hydrogen-bond acceptors (Lipinski definition) is 5. The van der Waals surface area contributed by atoms with Gasteiger partial charge in [0.1, 0.15) is 0 Å². The monoisotopic (exact) mass is 261 g/mol. The lowest BCUT2D eigenvalue weighted by atomic mass is 10.1. The molecule has 0 radical (unpaired) electrons. The lowest BCUT2D eigenvalue weighted by Gasteiger charge is -2.22. The number of anilines is 2. The summed E-state index contributed by atoms with van der Waals surface area (Å²) in [5.74, 6) is -0.418. The van der Waals surface area contributed by atoms with E-state index in [4.69, 9.17) is 15.7 Å². The van der Waals surface area contributed by atoms with Crippen LogP contribution in [0.4, 0.5) is 11.4 Å². The van der Waals surface area contributed by atoms with E-state index in [-0.39, 0.29) is 0 Å². The molecule has 0 unspecified atom stereocenters. The third-order valence-electron chi connectivity index (χ3n) is 2.77. The number of ether oxygens (including phenoxy) is 1. The van der Waals surface area contributed by atoms with Crippen molar-refractivity contribution < 1.29 is 9.53 Å². The number of esters is 1. The number of carbonyl (C=O) groups excluding carboxylic acids is 1. The third-order valence-corrected chi connectivity index (χ3v) is 2.77. The number of nitriles is 1. The number of rotatable bonds is 6. The summed E-state index contributed by atoms with van der Waals surface area (Å²) in [5, 5.41) is 8.64. The summed E-state index contributed by atoms with van der Waals surface area (Å²) < 4.78 is 4.97. The first-order valence-corrected chi connectivity index (χ1v) is 6.32. The van der Waals surface area contributed by atoms with Crippen LogP contribution in [0.3, 0.4) is 0 Å². The Kier molecular flexibility index (Phi) is 5.68. The molecule has 0 aromatic heterocycles. The minimum absolute atomic E-state index is 0.314.